The molecule has 5 nitrogen and oxygen atoms in total. The smallest absolute Gasteiger partial charge is 0.184 e. The van der Waals surface area contributed by atoms with Crippen LogP contribution < -0.4 is 0 Å². The van der Waals surface area contributed by atoms with Crippen LogP contribution in [0.25, 0.3) is 0 Å². The molecule has 0 radical (unpaired) electrons. The van der Waals surface area contributed by atoms with Gasteiger partial charge < -0.3 is 24.1 Å². The maximum absolute atomic E-state index is 10.6. The predicted octanol–water partition coefficient (Wildman–Crippen LogP) is 3.04. The van der Waals surface area contributed by atoms with Gasteiger partial charge >= 0.3 is 0 Å². The minimum absolute atomic E-state index is 0.121. The molecule has 138 valence electrons. The van der Waals surface area contributed by atoms with E-state index in [1.54, 1.807) is 0 Å². The first-order valence-electron chi connectivity index (χ1n) is 9.03. The molecular formula is C21H24O5. The zero-order valence-electron chi connectivity index (χ0n) is 14.7. The van der Waals surface area contributed by atoms with E-state index in [-0.39, 0.29) is 18.1 Å². The van der Waals surface area contributed by atoms with Gasteiger partial charge in [-0.15, -0.1) is 0 Å². The third kappa shape index (κ3) is 3.68. The van der Waals surface area contributed by atoms with Gasteiger partial charge in [-0.05, 0) is 5.56 Å². The molecule has 6 atom stereocenters. The van der Waals surface area contributed by atoms with Crippen LogP contribution in [0, 0.1) is 5.92 Å². The minimum Gasteiger partial charge on any atom is -0.387 e. The highest BCUT2D eigenvalue weighted by Gasteiger charge is 2.47. The summed E-state index contributed by atoms with van der Waals surface area (Å²) in [5.74, 6) is -0.121. The molecule has 2 aromatic carbocycles. The SMILES string of the molecule is C[C@@H]1C(O)[C@H](OCc2ccccc2)OC2COC(c3ccccc3)O[C@H]21. The van der Waals surface area contributed by atoms with Crippen LogP contribution >= 0.6 is 0 Å². The summed E-state index contributed by atoms with van der Waals surface area (Å²) in [6.07, 6.45) is -2.37. The summed E-state index contributed by atoms with van der Waals surface area (Å²) in [6.45, 7) is 2.77. The van der Waals surface area contributed by atoms with Crippen LogP contribution in [-0.4, -0.2) is 36.3 Å². The highest BCUT2D eigenvalue weighted by atomic mass is 16.7. The van der Waals surface area contributed by atoms with E-state index in [2.05, 4.69) is 0 Å². The van der Waals surface area contributed by atoms with Crippen LogP contribution in [0.15, 0.2) is 60.7 Å². The van der Waals surface area contributed by atoms with Crippen LogP contribution in [0.4, 0.5) is 0 Å². The molecule has 26 heavy (non-hydrogen) atoms. The van der Waals surface area contributed by atoms with E-state index in [1.807, 2.05) is 67.6 Å². The number of ether oxygens (including phenoxy) is 4. The monoisotopic (exact) mass is 356 g/mol. The Morgan fingerprint density at radius 2 is 1.69 bits per heavy atom. The fraction of sp³-hybridized carbons (Fsp3) is 0.429. The Morgan fingerprint density at radius 3 is 2.42 bits per heavy atom. The molecule has 1 N–H and O–H groups in total. The van der Waals surface area contributed by atoms with Crippen LogP contribution in [-0.2, 0) is 25.6 Å². The second-order valence-corrected chi connectivity index (χ2v) is 6.87. The van der Waals surface area contributed by atoms with Crippen molar-refractivity contribution in [2.45, 2.75) is 44.4 Å². The molecule has 0 saturated carbocycles. The molecule has 2 heterocycles. The highest BCUT2D eigenvalue weighted by molar-refractivity contribution is 5.16. The first-order valence-corrected chi connectivity index (χ1v) is 9.03. The van der Waals surface area contributed by atoms with E-state index in [0.29, 0.717) is 13.2 Å². The van der Waals surface area contributed by atoms with Crippen LogP contribution in [0.2, 0.25) is 0 Å². The second kappa shape index (κ2) is 7.86. The number of benzene rings is 2. The number of aliphatic hydroxyl groups excluding tert-OH is 1. The van der Waals surface area contributed by atoms with Crippen molar-refractivity contribution in [3.63, 3.8) is 0 Å². The van der Waals surface area contributed by atoms with Crippen molar-refractivity contribution in [2.24, 2.45) is 5.92 Å². The maximum atomic E-state index is 10.6. The van der Waals surface area contributed by atoms with Gasteiger partial charge in [0.15, 0.2) is 12.6 Å². The molecule has 2 aromatic rings. The average molecular weight is 356 g/mol. The van der Waals surface area contributed by atoms with E-state index in [4.69, 9.17) is 18.9 Å². The van der Waals surface area contributed by atoms with Crippen molar-refractivity contribution < 1.29 is 24.1 Å². The Hall–Kier alpha value is -1.76. The van der Waals surface area contributed by atoms with Crippen molar-refractivity contribution in [1.82, 2.24) is 0 Å². The Labute approximate surface area is 153 Å². The van der Waals surface area contributed by atoms with Crippen LogP contribution in [0.3, 0.4) is 0 Å². The number of rotatable bonds is 4. The van der Waals surface area contributed by atoms with Crippen molar-refractivity contribution in [1.29, 1.82) is 0 Å². The van der Waals surface area contributed by atoms with E-state index in [1.165, 1.54) is 0 Å². The first-order chi connectivity index (χ1) is 12.7. The minimum atomic E-state index is -0.755. The molecule has 4 rings (SSSR count). The summed E-state index contributed by atoms with van der Waals surface area (Å²) in [7, 11) is 0. The lowest BCUT2D eigenvalue weighted by atomic mass is 9.90. The Balaban J connectivity index is 1.40. The number of hydrogen-bond donors (Lipinski definition) is 1. The molecule has 0 amide bonds. The lowest BCUT2D eigenvalue weighted by Gasteiger charge is -2.47. The summed E-state index contributed by atoms with van der Waals surface area (Å²) in [4.78, 5) is 0. The Kier molecular flexibility index (Phi) is 5.33. The normalized spacial score (nSPS) is 34.2. The number of aliphatic hydroxyl groups is 1. The standard InChI is InChI=1S/C21H24O5/c1-14-18(22)21(23-12-15-8-4-2-5-9-15)25-17-13-24-20(26-19(14)17)16-10-6-3-7-11-16/h2-11,14,17-22H,12-13H2,1H3/t14-,17?,18?,19+,20?,21-/m1/s1. The van der Waals surface area contributed by atoms with Gasteiger partial charge in [-0.2, -0.15) is 0 Å². The molecule has 3 unspecified atom stereocenters. The molecular weight excluding hydrogens is 332 g/mol. The van der Waals surface area contributed by atoms with Gasteiger partial charge in [0.25, 0.3) is 0 Å². The van der Waals surface area contributed by atoms with E-state index in [9.17, 15) is 5.11 Å². The third-order valence-corrected chi connectivity index (χ3v) is 5.03. The average Bonchev–Trinajstić information content (AvgIpc) is 2.71. The van der Waals surface area contributed by atoms with E-state index >= 15 is 0 Å². The fourth-order valence-electron chi connectivity index (χ4n) is 3.50. The molecule has 5 heteroatoms. The fourth-order valence-corrected chi connectivity index (χ4v) is 3.50. The topological polar surface area (TPSA) is 57.2 Å². The Bertz CT molecular complexity index is 690. The Morgan fingerprint density at radius 1 is 1.00 bits per heavy atom. The molecule has 2 aliphatic heterocycles. The van der Waals surface area contributed by atoms with E-state index < -0.39 is 18.7 Å². The zero-order chi connectivity index (χ0) is 17.9. The largest absolute Gasteiger partial charge is 0.387 e. The lowest BCUT2D eigenvalue weighted by Crippen LogP contribution is -2.58. The van der Waals surface area contributed by atoms with Crippen molar-refractivity contribution in [2.75, 3.05) is 6.61 Å². The third-order valence-electron chi connectivity index (χ3n) is 5.03. The van der Waals surface area contributed by atoms with Gasteiger partial charge in [-0.25, -0.2) is 0 Å². The summed E-state index contributed by atoms with van der Waals surface area (Å²) < 4.78 is 23.7. The summed E-state index contributed by atoms with van der Waals surface area (Å²) >= 11 is 0. The van der Waals surface area contributed by atoms with Gasteiger partial charge in [0.05, 0.1) is 19.3 Å². The summed E-state index contributed by atoms with van der Waals surface area (Å²) in [6, 6.07) is 19.7. The van der Waals surface area contributed by atoms with Gasteiger partial charge in [0.1, 0.15) is 12.2 Å². The summed E-state index contributed by atoms with van der Waals surface area (Å²) in [5.41, 5.74) is 2.01. The number of fused-ring (bicyclic) bond motifs is 1. The van der Waals surface area contributed by atoms with Crippen LogP contribution in [0.5, 0.6) is 0 Å². The quantitative estimate of drug-likeness (QED) is 0.913. The molecule has 2 fully saturated rings. The van der Waals surface area contributed by atoms with Gasteiger partial charge in [-0.1, -0.05) is 67.6 Å². The number of hydrogen-bond acceptors (Lipinski definition) is 5. The first kappa shape index (κ1) is 17.6. The zero-order valence-corrected chi connectivity index (χ0v) is 14.7. The summed E-state index contributed by atoms with van der Waals surface area (Å²) in [5, 5.41) is 10.6. The van der Waals surface area contributed by atoms with Crippen molar-refractivity contribution in [3.05, 3.63) is 71.8 Å². The highest BCUT2D eigenvalue weighted by Crippen LogP contribution is 2.37. The molecule has 0 spiro atoms. The molecule has 0 bridgehead atoms. The molecule has 0 aliphatic carbocycles. The second-order valence-electron chi connectivity index (χ2n) is 6.87. The lowest BCUT2D eigenvalue weighted by molar-refractivity contribution is -0.353. The van der Waals surface area contributed by atoms with Crippen molar-refractivity contribution >= 4 is 0 Å². The predicted molar refractivity (Wildman–Crippen MR) is 95.1 cm³/mol. The maximum Gasteiger partial charge on any atom is 0.184 e. The van der Waals surface area contributed by atoms with Crippen LogP contribution in [0.1, 0.15) is 24.3 Å². The molecule has 2 aliphatic rings. The molecule has 0 aromatic heterocycles. The van der Waals surface area contributed by atoms with Gasteiger partial charge in [-0.3, -0.25) is 0 Å². The van der Waals surface area contributed by atoms with Gasteiger partial charge in [0.2, 0.25) is 0 Å². The molecule has 2 saturated heterocycles. The van der Waals surface area contributed by atoms with Gasteiger partial charge in [0, 0.05) is 11.5 Å². The van der Waals surface area contributed by atoms with E-state index in [0.717, 1.165) is 11.1 Å². The van der Waals surface area contributed by atoms with Crippen molar-refractivity contribution in [3.8, 4) is 0 Å².